The molecule has 3 nitrogen and oxygen atoms in total. The number of hydrogen-bond donors (Lipinski definition) is 1. The van der Waals surface area contributed by atoms with Gasteiger partial charge in [0, 0.05) is 14.1 Å². The molecule has 0 aliphatic rings. The Labute approximate surface area is 99.9 Å². The number of hydrogen-bond acceptors (Lipinski definition) is 3. The van der Waals surface area contributed by atoms with Crippen LogP contribution in [0.15, 0.2) is 42.7 Å². The molecule has 0 radical (unpaired) electrons. The molecule has 0 unspecified atom stereocenters. The fraction of sp³-hybridized carbons (Fsp3) is 0.154. The van der Waals surface area contributed by atoms with E-state index in [2.05, 4.69) is 10.3 Å². The summed E-state index contributed by atoms with van der Waals surface area (Å²) in [6.45, 7) is 0. The fourth-order valence-corrected chi connectivity index (χ4v) is 1.61. The van der Waals surface area contributed by atoms with Crippen molar-refractivity contribution in [1.29, 1.82) is 0 Å². The van der Waals surface area contributed by atoms with Crippen molar-refractivity contribution in [2.45, 2.75) is 0 Å². The first-order valence-corrected chi connectivity index (χ1v) is 5.33. The number of para-hydroxylation sites is 1. The average molecular weight is 231 g/mol. The van der Waals surface area contributed by atoms with Gasteiger partial charge in [0.2, 0.25) is 0 Å². The van der Waals surface area contributed by atoms with Gasteiger partial charge < -0.3 is 10.2 Å². The van der Waals surface area contributed by atoms with Crippen molar-refractivity contribution in [3.8, 4) is 0 Å². The van der Waals surface area contributed by atoms with Gasteiger partial charge >= 0.3 is 0 Å². The van der Waals surface area contributed by atoms with Crippen LogP contribution in [0.25, 0.3) is 0 Å². The lowest BCUT2D eigenvalue weighted by atomic mass is 10.2. The molecule has 17 heavy (non-hydrogen) atoms. The lowest BCUT2D eigenvalue weighted by Gasteiger charge is -2.20. The second-order valence-corrected chi connectivity index (χ2v) is 3.69. The van der Waals surface area contributed by atoms with Crippen LogP contribution in [0.1, 0.15) is 0 Å². The second-order valence-electron chi connectivity index (χ2n) is 3.69. The maximum Gasteiger partial charge on any atom is 0.146 e. The van der Waals surface area contributed by atoms with Gasteiger partial charge in [0.05, 0.1) is 29.5 Å². The molecule has 2 rings (SSSR count). The van der Waals surface area contributed by atoms with Crippen molar-refractivity contribution < 1.29 is 4.39 Å². The molecule has 88 valence electrons. The Balaban J connectivity index is 2.37. The third-order valence-electron chi connectivity index (χ3n) is 2.61. The standard InChI is InChI=1S/C13H14FN3/c1-15-10-7-11(9-16-8-10)17(2)13-6-4-3-5-12(13)14/h3-9,15H,1-2H3. The fourth-order valence-electron chi connectivity index (χ4n) is 1.61. The van der Waals surface area contributed by atoms with Crippen molar-refractivity contribution in [3.63, 3.8) is 0 Å². The number of halogens is 1. The van der Waals surface area contributed by atoms with Crippen molar-refractivity contribution in [2.24, 2.45) is 0 Å². The molecule has 0 fully saturated rings. The molecule has 1 aromatic heterocycles. The average Bonchev–Trinajstić information content (AvgIpc) is 2.38. The van der Waals surface area contributed by atoms with Crippen LogP contribution in [-0.2, 0) is 0 Å². The zero-order chi connectivity index (χ0) is 12.3. The predicted molar refractivity (Wildman–Crippen MR) is 68.2 cm³/mol. The molecule has 1 N–H and O–H groups in total. The van der Waals surface area contributed by atoms with Gasteiger partial charge in [-0.05, 0) is 18.2 Å². The largest absolute Gasteiger partial charge is 0.387 e. The Morgan fingerprint density at radius 2 is 2.00 bits per heavy atom. The Morgan fingerprint density at radius 3 is 2.71 bits per heavy atom. The zero-order valence-electron chi connectivity index (χ0n) is 9.81. The molecule has 4 heteroatoms. The van der Waals surface area contributed by atoms with E-state index in [-0.39, 0.29) is 5.82 Å². The molecule has 0 aliphatic carbocycles. The van der Waals surface area contributed by atoms with Gasteiger partial charge in [-0.15, -0.1) is 0 Å². The molecule has 0 saturated heterocycles. The number of anilines is 3. The number of pyridine rings is 1. The number of aromatic nitrogens is 1. The first-order chi connectivity index (χ1) is 8.22. The quantitative estimate of drug-likeness (QED) is 0.880. The summed E-state index contributed by atoms with van der Waals surface area (Å²) in [5.74, 6) is -0.245. The van der Waals surface area contributed by atoms with Crippen LogP contribution >= 0.6 is 0 Å². The van der Waals surface area contributed by atoms with Gasteiger partial charge in [-0.1, -0.05) is 12.1 Å². The van der Waals surface area contributed by atoms with Gasteiger partial charge in [0.25, 0.3) is 0 Å². The second kappa shape index (κ2) is 4.82. The maximum atomic E-state index is 13.6. The summed E-state index contributed by atoms with van der Waals surface area (Å²) in [6, 6.07) is 8.58. The molecule has 2 aromatic rings. The van der Waals surface area contributed by atoms with Crippen molar-refractivity contribution in [3.05, 3.63) is 48.5 Å². The number of nitrogens with one attached hydrogen (secondary N) is 1. The van der Waals surface area contributed by atoms with Crippen LogP contribution in [-0.4, -0.2) is 19.1 Å². The molecule has 0 saturated carbocycles. The smallest absolute Gasteiger partial charge is 0.146 e. The Hall–Kier alpha value is -2.10. The normalized spacial score (nSPS) is 10.1. The van der Waals surface area contributed by atoms with Gasteiger partial charge in [-0.25, -0.2) is 4.39 Å². The van der Waals surface area contributed by atoms with E-state index in [1.54, 1.807) is 29.4 Å². The Bertz CT molecular complexity index is 514. The molecule has 1 aromatic carbocycles. The lowest BCUT2D eigenvalue weighted by molar-refractivity contribution is 0.627. The summed E-state index contributed by atoms with van der Waals surface area (Å²) < 4.78 is 13.6. The van der Waals surface area contributed by atoms with Gasteiger partial charge in [0.1, 0.15) is 5.82 Å². The first kappa shape index (κ1) is 11.4. The van der Waals surface area contributed by atoms with E-state index in [4.69, 9.17) is 0 Å². The molecule has 0 bridgehead atoms. The van der Waals surface area contributed by atoms with Gasteiger partial charge in [-0.2, -0.15) is 0 Å². The van der Waals surface area contributed by atoms with E-state index >= 15 is 0 Å². The molecule has 0 aliphatic heterocycles. The van der Waals surface area contributed by atoms with E-state index in [1.807, 2.05) is 26.2 Å². The molecule has 0 atom stereocenters. The predicted octanol–water partition coefficient (Wildman–Crippen LogP) is 3.03. The van der Waals surface area contributed by atoms with E-state index in [0.717, 1.165) is 11.4 Å². The maximum absolute atomic E-state index is 13.6. The van der Waals surface area contributed by atoms with Crippen LogP contribution in [0, 0.1) is 5.82 Å². The van der Waals surface area contributed by atoms with Crippen molar-refractivity contribution >= 4 is 17.1 Å². The lowest BCUT2D eigenvalue weighted by Crippen LogP contribution is -2.11. The highest BCUT2D eigenvalue weighted by Crippen LogP contribution is 2.26. The molecule has 0 spiro atoms. The minimum atomic E-state index is -0.245. The van der Waals surface area contributed by atoms with E-state index in [1.165, 1.54) is 6.07 Å². The van der Waals surface area contributed by atoms with Crippen LogP contribution in [0.4, 0.5) is 21.5 Å². The van der Waals surface area contributed by atoms with Crippen molar-refractivity contribution in [1.82, 2.24) is 4.98 Å². The topological polar surface area (TPSA) is 28.2 Å². The third-order valence-corrected chi connectivity index (χ3v) is 2.61. The minimum absolute atomic E-state index is 0.245. The zero-order valence-corrected chi connectivity index (χ0v) is 9.81. The molecular formula is C13H14FN3. The van der Waals surface area contributed by atoms with E-state index in [0.29, 0.717) is 5.69 Å². The highest BCUT2D eigenvalue weighted by atomic mass is 19.1. The van der Waals surface area contributed by atoms with Crippen LogP contribution < -0.4 is 10.2 Å². The van der Waals surface area contributed by atoms with Crippen LogP contribution in [0.3, 0.4) is 0 Å². The number of benzene rings is 1. The summed E-state index contributed by atoms with van der Waals surface area (Å²) in [6.07, 6.45) is 3.42. The highest BCUT2D eigenvalue weighted by Gasteiger charge is 2.09. The Kier molecular flexibility index (Phi) is 3.23. The SMILES string of the molecule is CNc1cncc(N(C)c2ccccc2F)c1. The minimum Gasteiger partial charge on any atom is -0.387 e. The monoisotopic (exact) mass is 231 g/mol. The van der Waals surface area contributed by atoms with E-state index in [9.17, 15) is 4.39 Å². The van der Waals surface area contributed by atoms with Crippen molar-refractivity contribution in [2.75, 3.05) is 24.3 Å². The van der Waals surface area contributed by atoms with Gasteiger partial charge in [0.15, 0.2) is 0 Å². The summed E-state index contributed by atoms with van der Waals surface area (Å²) in [7, 11) is 3.64. The highest BCUT2D eigenvalue weighted by molar-refractivity contribution is 5.65. The third kappa shape index (κ3) is 2.36. The van der Waals surface area contributed by atoms with Crippen LogP contribution in [0.5, 0.6) is 0 Å². The molecule has 1 heterocycles. The van der Waals surface area contributed by atoms with Crippen LogP contribution in [0.2, 0.25) is 0 Å². The summed E-state index contributed by atoms with van der Waals surface area (Å²) in [5, 5.41) is 3.01. The number of nitrogens with zero attached hydrogens (tertiary/aromatic N) is 2. The Morgan fingerprint density at radius 1 is 1.24 bits per heavy atom. The summed E-state index contributed by atoms with van der Waals surface area (Å²) in [4.78, 5) is 5.87. The first-order valence-electron chi connectivity index (χ1n) is 5.33. The number of rotatable bonds is 3. The summed E-state index contributed by atoms with van der Waals surface area (Å²) in [5.41, 5.74) is 2.26. The molecular weight excluding hydrogens is 217 g/mol. The summed E-state index contributed by atoms with van der Waals surface area (Å²) >= 11 is 0. The van der Waals surface area contributed by atoms with E-state index < -0.39 is 0 Å². The van der Waals surface area contributed by atoms with Gasteiger partial charge in [-0.3, -0.25) is 4.98 Å². The molecule has 0 amide bonds.